The summed E-state index contributed by atoms with van der Waals surface area (Å²) in [5.74, 6) is -0.697. The minimum Gasteiger partial charge on any atom is -0.350 e. The van der Waals surface area contributed by atoms with Gasteiger partial charge in [-0.1, -0.05) is 20.8 Å². The molecule has 0 spiro atoms. The van der Waals surface area contributed by atoms with Crippen molar-refractivity contribution >= 4 is 17.5 Å². The molecular formula is C27H30FN7O2. The summed E-state index contributed by atoms with van der Waals surface area (Å²) in [6.07, 6.45) is 4.70. The van der Waals surface area contributed by atoms with Crippen LogP contribution in [0.4, 0.5) is 4.39 Å². The van der Waals surface area contributed by atoms with Crippen LogP contribution in [0.2, 0.25) is 0 Å². The van der Waals surface area contributed by atoms with Crippen molar-refractivity contribution in [2.24, 2.45) is 0 Å². The lowest BCUT2D eigenvalue weighted by molar-refractivity contribution is 0.0163. The Kier molecular flexibility index (Phi) is 5.85. The Bertz CT molecular complexity index is 1470. The molecule has 4 heterocycles. The molecule has 0 radical (unpaired) electrons. The summed E-state index contributed by atoms with van der Waals surface area (Å²) in [6.45, 7) is 11.2. The van der Waals surface area contributed by atoms with Crippen molar-refractivity contribution in [2.75, 3.05) is 19.6 Å². The van der Waals surface area contributed by atoms with Crippen LogP contribution < -0.4 is 0 Å². The van der Waals surface area contributed by atoms with E-state index >= 15 is 0 Å². The van der Waals surface area contributed by atoms with Crippen molar-refractivity contribution in [3.05, 3.63) is 71.8 Å². The van der Waals surface area contributed by atoms with Gasteiger partial charge in [-0.2, -0.15) is 5.10 Å². The van der Waals surface area contributed by atoms with Crippen LogP contribution in [0.25, 0.3) is 16.9 Å². The monoisotopic (exact) mass is 503 g/mol. The van der Waals surface area contributed by atoms with Gasteiger partial charge in [-0.05, 0) is 49.6 Å². The number of piperazine rings is 1. The van der Waals surface area contributed by atoms with Crippen molar-refractivity contribution in [2.45, 2.75) is 45.6 Å². The van der Waals surface area contributed by atoms with E-state index in [1.807, 2.05) is 19.9 Å². The van der Waals surface area contributed by atoms with Crippen LogP contribution in [0.1, 0.15) is 61.2 Å². The maximum atomic E-state index is 13.7. The normalized spacial score (nSPS) is 15.8. The zero-order valence-electron chi connectivity index (χ0n) is 21.6. The molecule has 10 heteroatoms. The number of hydrogen-bond donors (Lipinski definition) is 1. The zero-order valence-corrected chi connectivity index (χ0v) is 21.6. The predicted molar refractivity (Wildman–Crippen MR) is 137 cm³/mol. The molecule has 1 N–H and O–H groups in total. The number of carbonyl (C=O) groups is 2. The molecule has 1 aliphatic rings. The topological polar surface area (TPSA) is 99.5 Å². The summed E-state index contributed by atoms with van der Waals surface area (Å²) in [4.78, 5) is 41.6. The van der Waals surface area contributed by atoms with E-state index in [0.717, 1.165) is 11.1 Å². The molecule has 1 fully saturated rings. The number of carbonyl (C=O) groups excluding carboxylic acids is 2. The first kappa shape index (κ1) is 24.6. The van der Waals surface area contributed by atoms with Gasteiger partial charge < -0.3 is 14.8 Å². The van der Waals surface area contributed by atoms with Gasteiger partial charge in [0.2, 0.25) is 0 Å². The average Bonchev–Trinajstić information content (AvgIpc) is 3.52. The molecule has 1 saturated heterocycles. The third-order valence-corrected chi connectivity index (χ3v) is 6.74. The molecule has 2 amide bonds. The van der Waals surface area contributed by atoms with Crippen LogP contribution in [0.3, 0.4) is 0 Å². The second kappa shape index (κ2) is 8.79. The molecule has 0 bridgehead atoms. The molecule has 3 aromatic heterocycles. The van der Waals surface area contributed by atoms with E-state index in [1.54, 1.807) is 38.8 Å². The molecule has 0 aliphatic carbocycles. The number of aromatic nitrogens is 5. The van der Waals surface area contributed by atoms with Crippen molar-refractivity contribution in [1.29, 1.82) is 0 Å². The van der Waals surface area contributed by atoms with E-state index in [4.69, 9.17) is 10.1 Å². The lowest BCUT2D eigenvalue weighted by atomic mass is 9.87. The lowest BCUT2D eigenvalue weighted by Gasteiger charge is -2.46. The first-order valence-electron chi connectivity index (χ1n) is 12.2. The first-order valence-corrected chi connectivity index (χ1v) is 12.2. The fourth-order valence-electron chi connectivity index (χ4n) is 4.78. The van der Waals surface area contributed by atoms with E-state index in [2.05, 4.69) is 30.7 Å². The number of rotatable bonds is 3. The van der Waals surface area contributed by atoms with E-state index in [0.29, 0.717) is 36.7 Å². The largest absolute Gasteiger partial charge is 0.350 e. The highest BCUT2D eigenvalue weighted by atomic mass is 19.1. The van der Waals surface area contributed by atoms with Crippen LogP contribution in [0.5, 0.6) is 0 Å². The van der Waals surface area contributed by atoms with Crippen molar-refractivity contribution in [3.8, 4) is 11.3 Å². The van der Waals surface area contributed by atoms with Crippen LogP contribution in [0.15, 0.2) is 49.1 Å². The van der Waals surface area contributed by atoms with Crippen LogP contribution in [-0.4, -0.2) is 71.4 Å². The maximum absolute atomic E-state index is 13.7. The quantitative estimate of drug-likeness (QED) is 0.457. The summed E-state index contributed by atoms with van der Waals surface area (Å²) in [6, 6.07) is 8.13. The highest BCUT2D eigenvalue weighted by Gasteiger charge is 2.40. The summed E-state index contributed by atoms with van der Waals surface area (Å²) < 4.78 is 15.1. The molecular weight excluding hydrogens is 473 g/mol. The Morgan fingerprint density at radius 2 is 1.78 bits per heavy atom. The number of hydrogen-bond acceptors (Lipinski definition) is 5. The molecule has 4 aromatic rings. The second-order valence-corrected chi connectivity index (χ2v) is 11.0. The molecule has 1 aliphatic heterocycles. The number of nitrogens with one attached hydrogen (secondary N) is 1. The number of H-pyrrole nitrogens is 1. The van der Waals surface area contributed by atoms with E-state index < -0.39 is 5.54 Å². The van der Waals surface area contributed by atoms with E-state index in [9.17, 15) is 14.0 Å². The van der Waals surface area contributed by atoms with Gasteiger partial charge in [0.25, 0.3) is 11.8 Å². The fraction of sp³-hybridized carbons (Fsp3) is 0.370. The van der Waals surface area contributed by atoms with Crippen LogP contribution in [-0.2, 0) is 5.41 Å². The zero-order chi connectivity index (χ0) is 26.5. The van der Waals surface area contributed by atoms with Crippen LogP contribution >= 0.6 is 0 Å². The van der Waals surface area contributed by atoms with Crippen molar-refractivity contribution in [3.63, 3.8) is 0 Å². The SMILES string of the molecule is CC(C)(C)c1cc(-c2ccc(F)cc2)nn2cc(C(=O)N3CCN(C(=O)c4c[nH]cn4)CC3(C)C)nc12. The van der Waals surface area contributed by atoms with Gasteiger partial charge in [0, 0.05) is 37.0 Å². The first-order chi connectivity index (χ1) is 17.4. The minimum absolute atomic E-state index is 0.165. The van der Waals surface area contributed by atoms with Gasteiger partial charge >= 0.3 is 0 Å². The predicted octanol–water partition coefficient (Wildman–Crippen LogP) is 3.93. The molecule has 0 unspecified atom stereocenters. The van der Waals surface area contributed by atoms with Gasteiger partial charge in [0.05, 0.1) is 23.8 Å². The second-order valence-electron chi connectivity index (χ2n) is 11.0. The Labute approximate surface area is 214 Å². The van der Waals surface area contributed by atoms with E-state index in [-0.39, 0.29) is 28.7 Å². The Morgan fingerprint density at radius 3 is 2.41 bits per heavy atom. The third kappa shape index (κ3) is 4.59. The molecule has 192 valence electrons. The van der Waals surface area contributed by atoms with Gasteiger partial charge in [-0.3, -0.25) is 9.59 Å². The summed E-state index contributed by atoms with van der Waals surface area (Å²) in [5, 5.41) is 4.70. The number of halogens is 1. The highest BCUT2D eigenvalue weighted by Crippen LogP contribution is 2.31. The Morgan fingerprint density at radius 1 is 1.05 bits per heavy atom. The molecule has 5 rings (SSSR count). The van der Waals surface area contributed by atoms with Gasteiger partial charge in [0.1, 0.15) is 17.2 Å². The van der Waals surface area contributed by atoms with Gasteiger partial charge in [-0.25, -0.2) is 18.9 Å². The Hall–Kier alpha value is -4.08. The van der Waals surface area contributed by atoms with Crippen LogP contribution in [0, 0.1) is 5.82 Å². The van der Waals surface area contributed by atoms with Crippen molar-refractivity contribution < 1.29 is 14.0 Å². The molecule has 9 nitrogen and oxygen atoms in total. The lowest BCUT2D eigenvalue weighted by Crippen LogP contribution is -2.62. The Balaban J connectivity index is 1.47. The summed E-state index contributed by atoms with van der Waals surface area (Å²) >= 11 is 0. The molecule has 0 saturated carbocycles. The highest BCUT2D eigenvalue weighted by molar-refractivity contribution is 5.95. The van der Waals surface area contributed by atoms with Gasteiger partial charge in [0.15, 0.2) is 5.65 Å². The number of amides is 2. The minimum atomic E-state index is -0.614. The molecule has 1 aromatic carbocycles. The summed E-state index contributed by atoms with van der Waals surface area (Å²) in [5.41, 5.74) is 2.72. The number of nitrogens with zero attached hydrogens (tertiary/aromatic N) is 6. The smallest absolute Gasteiger partial charge is 0.274 e. The fourth-order valence-corrected chi connectivity index (χ4v) is 4.78. The number of imidazole rings is 2. The standard InChI is InChI=1S/C27H30FN7O2/c1-26(2,3)19-12-20(17-6-8-18(28)9-7-17)32-35-14-22(31-23(19)35)25(37)34-11-10-33(15-27(34,4)5)24(36)21-13-29-16-30-21/h6-9,12-14,16H,10-11,15H2,1-5H3,(H,29,30). The third-order valence-electron chi connectivity index (χ3n) is 6.74. The maximum Gasteiger partial charge on any atom is 0.274 e. The molecule has 37 heavy (non-hydrogen) atoms. The number of benzene rings is 1. The molecule has 0 atom stereocenters. The van der Waals surface area contributed by atoms with E-state index in [1.165, 1.54) is 18.5 Å². The number of fused-ring (bicyclic) bond motifs is 1. The van der Waals surface area contributed by atoms with Gasteiger partial charge in [-0.15, -0.1) is 0 Å². The van der Waals surface area contributed by atoms with Crippen molar-refractivity contribution in [1.82, 2.24) is 34.4 Å². The summed E-state index contributed by atoms with van der Waals surface area (Å²) in [7, 11) is 0. The average molecular weight is 504 g/mol. The number of aromatic amines is 1.